The standard InChI is InChI=1S/C23H16ClF4N5O3S2/c24-15-10-18-14(9-16(15)25)20(21(34)33(18)11-12-4-3-5-13(8-12)23(26,27)28)31-32-22(37)30-17-6-1-2-7-19(17)38(29,35)36/h1-10,34H,11H2,(H,30,37)(H2,29,35,36). The van der Waals surface area contributed by atoms with Gasteiger partial charge in [-0.25, -0.2) is 17.9 Å². The number of alkyl halides is 3. The number of halogens is 5. The average molecular weight is 586 g/mol. The highest BCUT2D eigenvalue weighted by molar-refractivity contribution is 7.89. The molecule has 0 spiro atoms. The van der Waals surface area contributed by atoms with E-state index in [1.165, 1.54) is 47.0 Å². The van der Waals surface area contributed by atoms with E-state index in [-0.39, 0.29) is 49.4 Å². The molecule has 0 aliphatic carbocycles. The van der Waals surface area contributed by atoms with E-state index >= 15 is 0 Å². The van der Waals surface area contributed by atoms with Crippen LogP contribution in [0.5, 0.6) is 5.88 Å². The Morgan fingerprint density at radius 2 is 1.84 bits per heavy atom. The van der Waals surface area contributed by atoms with Gasteiger partial charge in [-0.3, -0.25) is 0 Å². The van der Waals surface area contributed by atoms with Gasteiger partial charge in [0, 0.05) is 5.39 Å². The van der Waals surface area contributed by atoms with Crippen molar-refractivity contribution in [3.63, 3.8) is 0 Å². The van der Waals surface area contributed by atoms with Crippen LogP contribution in [-0.4, -0.2) is 23.2 Å². The Balaban J connectivity index is 1.73. The number of benzene rings is 3. The number of nitrogens with zero attached hydrogens (tertiary/aromatic N) is 3. The van der Waals surface area contributed by atoms with Crippen molar-refractivity contribution in [2.75, 3.05) is 5.32 Å². The molecule has 0 atom stereocenters. The first-order chi connectivity index (χ1) is 17.8. The molecule has 0 saturated heterocycles. The number of nitrogens with two attached hydrogens (primary N) is 1. The van der Waals surface area contributed by atoms with Gasteiger partial charge in [-0.05, 0) is 54.2 Å². The minimum atomic E-state index is -4.58. The predicted molar refractivity (Wildman–Crippen MR) is 138 cm³/mol. The lowest BCUT2D eigenvalue weighted by Gasteiger charge is -2.11. The van der Waals surface area contributed by atoms with Crippen LogP contribution in [0.2, 0.25) is 5.02 Å². The lowest BCUT2D eigenvalue weighted by molar-refractivity contribution is -0.137. The summed E-state index contributed by atoms with van der Waals surface area (Å²) in [6, 6.07) is 12.3. The number of hydrogen-bond acceptors (Lipinski definition) is 5. The van der Waals surface area contributed by atoms with Gasteiger partial charge in [0.05, 0.1) is 28.3 Å². The van der Waals surface area contributed by atoms with Crippen LogP contribution >= 0.6 is 23.8 Å². The second kappa shape index (κ2) is 10.3. The van der Waals surface area contributed by atoms with Crippen molar-refractivity contribution < 1.29 is 31.1 Å². The van der Waals surface area contributed by atoms with E-state index in [2.05, 4.69) is 15.5 Å². The molecule has 8 nitrogen and oxygen atoms in total. The Labute approximate surface area is 223 Å². The lowest BCUT2D eigenvalue weighted by Crippen LogP contribution is -2.16. The normalized spacial score (nSPS) is 12.4. The van der Waals surface area contributed by atoms with Gasteiger partial charge in [-0.1, -0.05) is 35.9 Å². The summed E-state index contributed by atoms with van der Waals surface area (Å²) in [5.74, 6) is -1.38. The van der Waals surface area contributed by atoms with Crippen LogP contribution in [0.15, 0.2) is 75.8 Å². The van der Waals surface area contributed by atoms with Gasteiger partial charge in [-0.15, -0.1) is 10.2 Å². The number of para-hydroxylation sites is 1. The fraction of sp³-hybridized carbons (Fsp3) is 0.0870. The third-order valence-electron chi connectivity index (χ3n) is 5.32. The van der Waals surface area contributed by atoms with Crippen molar-refractivity contribution in [1.82, 2.24) is 4.57 Å². The van der Waals surface area contributed by atoms with Gasteiger partial charge in [0.15, 0.2) is 5.69 Å². The van der Waals surface area contributed by atoms with Crippen LogP contribution in [-0.2, 0) is 22.7 Å². The molecule has 0 bridgehead atoms. The van der Waals surface area contributed by atoms with Gasteiger partial charge in [0.1, 0.15) is 10.7 Å². The molecule has 4 rings (SSSR count). The lowest BCUT2D eigenvalue weighted by atomic mass is 10.1. The molecule has 0 aliphatic rings. The smallest absolute Gasteiger partial charge is 0.416 e. The Morgan fingerprint density at radius 3 is 2.53 bits per heavy atom. The SMILES string of the molecule is NS(=O)(=O)c1ccccc1NC(=S)N=Nc1c(O)n(Cc2cccc(C(F)(F)F)c2)c2cc(Cl)c(F)cc12. The van der Waals surface area contributed by atoms with E-state index in [0.717, 1.165) is 18.2 Å². The van der Waals surface area contributed by atoms with E-state index < -0.39 is 33.5 Å². The first kappa shape index (κ1) is 27.4. The summed E-state index contributed by atoms with van der Waals surface area (Å²) >= 11 is 11.0. The Bertz CT molecular complexity index is 1710. The molecule has 3 aromatic carbocycles. The molecule has 0 saturated carbocycles. The van der Waals surface area contributed by atoms with Crippen molar-refractivity contribution >= 4 is 61.2 Å². The van der Waals surface area contributed by atoms with E-state index in [0.29, 0.717) is 0 Å². The number of hydrogen-bond donors (Lipinski definition) is 3. The number of aromatic hydroxyl groups is 1. The Kier molecular flexibility index (Phi) is 7.43. The summed E-state index contributed by atoms with van der Waals surface area (Å²) in [6.45, 7) is -0.242. The maximum atomic E-state index is 14.3. The zero-order chi connectivity index (χ0) is 27.8. The fourth-order valence-electron chi connectivity index (χ4n) is 3.65. The molecule has 198 valence electrons. The highest BCUT2D eigenvalue weighted by atomic mass is 35.5. The van der Waals surface area contributed by atoms with Crippen molar-refractivity contribution in [3.8, 4) is 5.88 Å². The molecule has 0 unspecified atom stereocenters. The Morgan fingerprint density at radius 1 is 1.13 bits per heavy atom. The molecule has 4 aromatic rings. The van der Waals surface area contributed by atoms with E-state index in [9.17, 15) is 31.1 Å². The van der Waals surface area contributed by atoms with Crippen molar-refractivity contribution in [2.45, 2.75) is 17.6 Å². The molecular weight excluding hydrogens is 570 g/mol. The average Bonchev–Trinajstić information content (AvgIpc) is 3.07. The maximum absolute atomic E-state index is 14.3. The largest absolute Gasteiger partial charge is 0.493 e. The van der Waals surface area contributed by atoms with Crippen LogP contribution in [0.1, 0.15) is 11.1 Å². The van der Waals surface area contributed by atoms with Crippen molar-refractivity contribution in [1.29, 1.82) is 0 Å². The minimum Gasteiger partial charge on any atom is -0.493 e. The summed E-state index contributed by atoms with van der Waals surface area (Å²) in [4.78, 5) is -0.255. The zero-order valence-electron chi connectivity index (χ0n) is 18.9. The molecule has 0 amide bonds. The number of primary sulfonamides is 1. The molecule has 0 aliphatic heterocycles. The van der Waals surface area contributed by atoms with Gasteiger partial charge in [0.2, 0.25) is 21.0 Å². The fourth-order valence-corrected chi connectivity index (χ4v) is 4.66. The quantitative estimate of drug-likeness (QED) is 0.143. The highest BCUT2D eigenvalue weighted by Crippen LogP contribution is 2.41. The number of nitrogens with one attached hydrogen (secondary N) is 1. The van der Waals surface area contributed by atoms with Crippen LogP contribution in [0.3, 0.4) is 0 Å². The molecule has 1 heterocycles. The first-order valence-electron chi connectivity index (χ1n) is 10.5. The van der Waals surface area contributed by atoms with Crippen LogP contribution in [0.4, 0.5) is 28.9 Å². The van der Waals surface area contributed by atoms with Crippen LogP contribution in [0, 0.1) is 5.82 Å². The molecule has 1 aromatic heterocycles. The number of aromatic nitrogens is 1. The number of sulfonamides is 1. The van der Waals surface area contributed by atoms with Gasteiger partial charge >= 0.3 is 6.18 Å². The highest BCUT2D eigenvalue weighted by Gasteiger charge is 2.30. The molecule has 0 fully saturated rings. The summed E-state index contributed by atoms with van der Waals surface area (Å²) in [5.41, 5.74) is -0.753. The molecule has 0 radical (unpaired) electrons. The number of fused-ring (bicyclic) bond motifs is 1. The molecule has 15 heteroatoms. The first-order valence-corrected chi connectivity index (χ1v) is 12.8. The summed E-state index contributed by atoms with van der Waals surface area (Å²) < 4.78 is 78.6. The third-order valence-corrected chi connectivity index (χ3v) is 6.77. The van der Waals surface area contributed by atoms with Crippen molar-refractivity contribution in [3.05, 3.63) is 82.6 Å². The summed E-state index contributed by atoms with van der Waals surface area (Å²) in [7, 11) is -4.09. The molecule has 4 N–H and O–H groups in total. The summed E-state index contributed by atoms with van der Waals surface area (Å²) in [5, 5.41) is 25.8. The summed E-state index contributed by atoms with van der Waals surface area (Å²) in [6.07, 6.45) is -4.58. The second-order valence-electron chi connectivity index (χ2n) is 7.91. The monoisotopic (exact) mass is 585 g/mol. The second-order valence-corrected chi connectivity index (χ2v) is 10.2. The number of azo groups is 1. The third kappa shape index (κ3) is 5.78. The van der Waals surface area contributed by atoms with Crippen LogP contribution in [0.25, 0.3) is 10.9 Å². The minimum absolute atomic E-state index is 0.0213. The number of thiocarbonyl (C=S) groups is 1. The van der Waals surface area contributed by atoms with E-state index in [4.69, 9.17) is 29.0 Å². The van der Waals surface area contributed by atoms with E-state index in [1.54, 1.807) is 0 Å². The topological polar surface area (TPSA) is 122 Å². The zero-order valence-corrected chi connectivity index (χ0v) is 21.3. The number of rotatable bonds is 5. The Hall–Kier alpha value is -3.59. The van der Waals surface area contributed by atoms with Gasteiger partial charge < -0.3 is 15.0 Å². The predicted octanol–water partition coefficient (Wildman–Crippen LogP) is 6.33. The van der Waals surface area contributed by atoms with Gasteiger partial charge in [-0.2, -0.15) is 13.2 Å². The molecular formula is C23H16ClF4N5O3S2. The van der Waals surface area contributed by atoms with E-state index in [1.807, 2.05) is 0 Å². The van der Waals surface area contributed by atoms with Crippen LogP contribution < -0.4 is 10.5 Å². The maximum Gasteiger partial charge on any atom is 0.416 e. The molecule has 38 heavy (non-hydrogen) atoms. The van der Waals surface area contributed by atoms with Crippen molar-refractivity contribution in [2.24, 2.45) is 15.4 Å². The van der Waals surface area contributed by atoms with Gasteiger partial charge in [0.25, 0.3) is 0 Å². The number of anilines is 1.